The number of hydrogen-bond acceptors (Lipinski definition) is 1. The van der Waals surface area contributed by atoms with Crippen molar-refractivity contribution in [3.8, 4) is 27.9 Å². The zero-order valence-electron chi connectivity index (χ0n) is 29.4. The summed E-state index contributed by atoms with van der Waals surface area (Å²) in [6.45, 7) is 0. The summed E-state index contributed by atoms with van der Waals surface area (Å²) in [5.41, 5.74) is 15.8. The largest absolute Gasteiger partial charge is 0.368 e. The maximum absolute atomic E-state index is 2.56. The van der Waals surface area contributed by atoms with Crippen molar-refractivity contribution in [1.82, 2.24) is 4.57 Å². The maximum atomic E-state index is 2.56. The topological polar surface area (TPSA) is 8.17 Å². The Hall–Kier alpha value is -5.60. The molecule has 0 saturated carbocycles. The highest BCUT2D eigenvalue weighted by atomic mass is 15.1. The molecule has 2 aliphatic carbocycles. The molecule has 7 aromatic rings. The van der Waals surface area contributed by atoms with Crippen molar-refractivity contribution in [3.63, 3.8) is 0 Å². The minimum atomic E-state index is 0.358. The van der Waals surface area contributed by atoms with Gasteiger partial charge in [-0.25, -0.2) is 0 Å². The Morgan fingerprint density at radius 1 is 0.529 bits per heavy atom. The number of rotatable bonds is 7. The third kappa shape index (κ3) is 5.99. The van der Waals surface area contributed by atoms with Crippen LogP contribution < -0.4 is 4.90 Å². The van der Waals surface area contributed by atoms with E-state index in [0.29, 0.717) is 6.04 Å². The lowest BCUT2D eigenvalue weighted by Gasteiger charge is -2.34. The van der Waals surface area contributed by atoms with Crippen LogP contribution in [-0.2, 0) is 0 Å². The highest BCUT2D eigenvalue weighted by Crippen LogP contribution is 2.41. The molecule has 0 fully saturated rings. The molecule has 1 atom stereocenters. The Labute approximate surface area is 302 Å². The second-order valence-electron chi connectivity index (χ2n) is 14.3. The van der Waals surface area contributed by atoms with Crippen LogP contribution in [0, 0.1) is 0 Å². The number of nitrogens with zero attached hydrogens (tertiary/aromatic N) is 2. The first kappa shape index (κ1) is 31.4. The molecule has 6 aromatic carbocycles. The van der Waals surface area contributed by atoms with E-state index in [1.807, 2.05) is 0 Å². The van der Waals surface area contributed by atoms with Gasteiger partial charge < -0.3 is 9.47 Å². The van der Waals surface area contributed by atoms with Crippen LogP contribution in [0.2, 0.25) is 0 Å². The Bertz CT molecular complexity index is 2390. The Morgan fingerprint density at radius 3 is 1.98 bits per heavy atom. The molecule has 0 spiro atoms. The Morgan fingerprint density at radius 2 is 1.18 bits per heavy atom. The van der Waals surface area contributed by atoms with Crippen LogP contribution in [0.25, 0.3) is 60.9 Å². The van der Waals surface area contributed by atoms with Gasteiger partial charge in [0, 0.05) is 40.8 Å². The summed E-state index contributed by atoms with van der Waals surface area (Å²) >= 11 is 0. The molecule has 0 bridgehead atoms. The van der Waals surface area contributed by atoms with Gasteiger partial charge in [-0.1, -0.05) is 115 Å². The number of fused-ring (bicyclic) bond motifs is 3. The standard InChI is InChI=1S/C49H44N2/c1-50(43-21-13-18-39(32-43)37-26-24-36(25-27-37)35-14-5-2-6-15-35)47-30-28-40(33-45(47)38-16-7-3-8-17-38)41-29-31-49-46(34-41)44-22-11-12-23-48(44)51(49)42-19-9-4-10-20-42/h2,4-6,9-12,14-16,19-20,22-34,43H,3,7-8,13,17-18,21H2,1H3. The van der Waals surface area contributed by atoms with Crippen LogP contribution >= 0.6 is 0 Å². The summed E-state index contributed by atoms with van der Waals surface area (Å²) in [6.07, 6.45) is 13.4. The Kier molecular flexibility index (Phi) is 8.37. The van der Waals surface area contributed by atoms with Crippen LogP contribution in [0.3, 0.4) is 0 Å². The number of allylic oxidation sites excluding steroid dienone is 3. The normalized spacial score (nSPS) is 16.2. The molecule has 0 amide bonds. The van der Waals surface area contributed by atoms with E-state index in [4.69, 9.17) is 0 Å². The van der Waals surface area contributed by atoms with E-state index >= 15 is 0 Å². The fraction of sp³-hybridized carbons (Fsp3) is 0.184. The van der Waals surface area contributed by atoms with Gasteiger partial charge in [-0.2, -0.15) is 0 Å². The van der Waals surface area contributed by atoms with Crippen molar-refractivity contribution in [2.45, 2.75) is 51.0 Å². The van der Waals surface area contributed by atoms with E-state index in [0.717, 1.165) is 12.8 Å². The molecule has 0 N–H and O–H groups in total. The molecule has 9 rings (SSSR count). The molecule has 2 heteroatoms. The van der Waals surface area contributed by atoms with Crippen molar-refractivity contribution >= 4 is 38.6 Å². The highest BCUT2D eigenvalue weighted by molar-refractivity contribution is 6.10. The lowest BCUT2D eigenvalue weighted by molar-refractivity contribution is 0.624. The van der Waals surface area contributed by atoms with Gasteiger partial charge in [0.1, 0.15) is 0 Å². The molecule has 0 radical (unpaired) electrons. The fourth-order valence-corrected chi connectivity index (χ4v) is 8.50. The first-order valence-corrected chi connectivity index (χ1v) is 18.7. The molecule has 2 aliphatic rings. The second kappa shape index (κ2) is 13.6. The van der Waals surface area contributed by atoms with Gasteiger partial charge >= 0.3 is 0 Å². The molecule has 0 aliphatic heterocycles. The van der Waals surface area contributed by atoms with Gasteiger partial charge in [0.05, 0.1) is 11.0 Å². The molecule has 250 valence electrons. The molecule has 2 nitrogen and oxygen atoms in total. The summed E-state index contributed by atoms with van der Waals surface area (Å²) in [4.78, 5) is 2.56. The van der Waals surface area contributed by atoms with E-state index < -0.39 is 0 Å². The summed E-state index contributed by atoms with van der Waals surface area (Å²) in [6, 6.07) is 54.1. The molecule has 1 aromatic heterocycles. The number of aromatic nitrogens is 1. The van der Waals surface area contributed by atoms with Gasteiger partial charge in [-0.15, -0.1) is 0 Å². The number of anilines is 1. The van der Waals surface area contributed by atoms with Crippen molar-refractivity contribution in [2.24, 2.45) is 0 Å². The van der Waals surface area contributed by atoms with Crippen molar-refractivity contribution in [3.05, 3.63) is 169 Å². The van der Waals surface area contributed by atoms with Crippen LogP contribution in [0.5, 0.6) is 0 Å². The van der Waals surface area contributed by atoms with Crippen molar-refractivity contribution in [2.75, 3.05) is 11.9 Å². The summed E-state index contributed by atoms with van der Waals surface area (Å²) in [7, 11) is 2.31. The minimum absolute atomic E-state index is 0.358. The number of benzene rings is 6. The fourth-order valence-electron chi connectivity index (χ4n) is 8.50. The van der Waals surface area contributed by atoms with Crippen LogP contribution in [-0.4, -0.2) is 17.7 Å². The number of hydrogen-bond donors (Lipinski definition) is 0. The van der Waals surface area contributed by atoms with Crippen molar-refractivity contribution in [1.29, 1.82) is 0 Å². The highest BCUT2D eigenvalue weighted by Gasteiger charge is 2.23. The zero-order valence-corrected chi connectivity index (χ0v) is 29.4. The smallest absolute Gasteiger partial charge is 0.0541 e. The van der Waals surface area contributed by atoms with Crippen LogP contribution in [0.4, 0.5) is 5.69 Å². The van der Waals surface area contributed by atoms with Gasteiger partial charge in [0.25, 0.3) is 0 Å². The third-order valence-electron chi connectivity index (χ3n) is 11.2. The van der Waals surface area contributed by atoms with Crippen molar-refractivity contribution < 1.29 is 0 Å². The maximum Gasteiger partial charge on any atom is 0.0541 e. The predicted octanol–water partition coefficient (Wildman–Crippen LogP) is 13.1. The molecular weight excluding hydrogens is 617 g/mol. The van der Waals surface area contributed by atoms with E-state index in [1.165, 1.54) is 110 Å². The quantitative estimate of drug-likeness (QED) is 0.165. The molecule has 51 heavy (non-hydrogen) atoms. The Balaban J connectivity index is 1.08. The number of para-hydroxylation sites is 2. The second-order valence-corrected chi connectivity index (χ2v) is 14.3. The average molecular weight is 661 g/mol. The molecule has 1 unspecified atom stereocenters. The number of likely N-dealkylation sites (N-methyl/N-ethyl adjacent to an activating group) is 1. The van der Waals surface area contributed by atoms with Crippen LogP contribution in [0.15, 0.2) is 158 Å². The summed E-state index contributed by atoms with van der Waals surface area (Å²) < 4.78 is 2.40. The average Bonchev–Trinajstić information content (AvgIpc) is 3.55. The minimum Gasteiger partial charge on any atom is -0.368 e. The summed E-state index contributed by atoms with van der Waals surface area (Å²) in [5.74, 6) is 0. The lowest BCUT2D eigenvalue weighted by atomic mass is 9.87. The van der Waals surface area contributed by atoms with E-state index in [1.54, 1.807) is 0 Å². The monoisotopic (exact) mass is 660 g/mol. The van der Waals surface area contributed by atoms with E-state index in [9.17, 15) is 0 Å². The van der Waals surface area contributed by atoms with E-state index in [2.05, 4.69) is 174 Å². The predicted molar refractivity (Wildman–Crippen MR) is 219 cm³/mol. The zero-order chi connectivity index (χ0) is 34.1. The molecule has 0 saturated heterocycles. The van der Waals surface area contributed by atoms with Crippen LogP contribution in [0.1, 0.15) is 56.1 Å². The molecular formula is C49H44N2. The lowest BCUT2D eigenvalue weighted by Crippen LogP contribution is -2.32. The van der Waals surface area contributed by atoms with E-state index in [-0.39, 0.29) is 0 Å². The first-order chi connectivity index (χ1) is 25.2. The van der Waals surface area contributed by atoms with Gasteiger partial charge in [0.15, 0.2) is 0 Å². The first-order valence-electron chi connectivity index (χ1n) is 18.7. The van der Waals surface area contributed by atoms with Gasteiger partial charge in [-0.05, 0) is 126 Å². The molecule has 1 heterocycles. The van der Waals surface area contributed by atoms with Gasteiger partial charge in [-0.3, -0.25) is 0 Å². The third-order valence-corrected chi connectivity index (χ3v) is 11.2. The SMILES string of the molecule is CN(c1ccc(-c2ccc3c(c2)c2ccccc2n3-c2ccccc2)cc1C1=CCCCC1)C1C=C(c2ccc(-c3ccccc3)cc2)CCC1. The summed E-state index contributed by atoms with van der Waals surface area (Å²) in [5, 5.41) is 2.59. The van der Waals surface area contributed by atoms with Gasteiger partial charge in [0.2, 0.25) is 0 Å².